The average molecular weight is 547 g/mol. The number of halogens is 1. The molecule has 0 radical (unpaired) electrons. The Bertz CT molecular complexity index is 904. The molecule has 4 rings (SSSR count). The summed E-state index contributed by atoms with van der Waals surface area (Å²) in [7, 11) is 0. The minimum Gasteiger partial charge on any atom is -0.369 e. The molecule has 6 nitrogen and oxygen atoms in total. The number of hydrogen-bond donors (Lipinski definition) is 2. The van der Waals surface area contributed by atoms with Gasteiger partial charge in [-0.3, -0.25) is 4.79 Å². The van der Waals surface area contributed by atoms with Gasteiger partial charge in [0.15, 0.2) is 5.96 Å². The third-order valence-electron chi connectivity index (χ3n) is 5.95. The number of para-hydroxylation sites is 1. The molecule has 0 aliphatic carbocycles. The molecule has 1 atom stereocenters. The van der Waals surface area contributed by atoms with Gasteiger partial charge in [-0.05, 0) is 43.0 Å². The van der Waals surface area contributed by atoms with E-state index >= 15 is 0 Å². The van der Waals surface area contributed by atoms with Crippen molar-refractivity contribution < 1.29 is 4.79 Å². The van der Waals surface area contributed by atoms with Crippen molar-refractivity contribution in [2.45, 2.75) is 45.3 Å². The molecule has 2 heterocycles. The van der Waals surface area contributed by atoms with Crippen molar-refractivity contribution in [3.8, 4) is 0 Å². The van der Waals surface area contributed by atoms with Crippen LogP contribution in [0.3, 0.4) is 0 Å². The zero-order valence-electron chi connectivity index (χ0n) is 18.8. The van der Waals surface area contributed by atoms with Crippen LogP contribution in [0.5, 0.6) is 0 Å². The molecule has 2 aliphatic heterocycles. The lowest BCUT2D eigenvalue weighted by Crippen LogP contribution is -2.44. The molecule has 2 aliphatic rings. The van der Waals surface area contributed by atoms with Gasteiger partial charge in [0, 0.05) is 50.9 Å². The smallest absolute Gasteiger partial charge is 0.222 e. The number of aliphatic imine (C=N–C) groups is 1. The van der Waals surface area contributed by atoms with Crippen LogP contribution < -0.4 is 15.5 Å². The highest BCUT2D eigenvalue weighted by molar-refractivity contribution is 14.0. The van der Waals surface area contributed by atoms with Gasteiger partial charge < -0.3 is 20.4 Å². The number of nitrogens with one attached hydrogen (secondary N) is 2. The van der Waals surface area contributed by atoms with Crippen LogP contribution in [0, 0.1) is 0 Å². The molecule has 2 aromatic carbocycles. The highest BCUT2D eigenvalue weighted by Gasteiger charge is 2.23. The van der Waals surface area contributed by atoms with Crippen molar-refractivity contribution in [3.05, 3.63) is 65.7 Å². The summed E-state index contributed by atoms with van der Waals surface area (Å²) in [6, 6.07) is 19.4. The zero-order valence-corrected chi connectivity index (χ0v) is 21.1. The minimum atomic E-state index is 0. The second-order valence-corrected chi connectivity index (χ2v) is 8.35. The molecule has 2 aromatic rings. The Hall–Kier alpha value is -2.29. The van der Waals surface area contributed by atoms with E-state index in [4.69, 9.17) is 4.99 Å². The van der Waals surface area contributed by atoms with E-state index in [0.717, 1.165) is 45.0 Å². The van der Waals surface area contributed by atoms with Gasteiger partial charge in [-0.2, -0.15) is 0 Å². The number of carbonyl (C=O) groups is 1. The predicted octanol–water partition coefficient (Wildman–Crippen LogP) is 3.76. The van der Waals surface area contributed by atoms with Gasteiger partial charge in [-0.15, -0.1) is 24.0 Å². The van der Waals surface area contributed by atoms with Gasteiger partial charge in [-0.25, -0.2) is 4.99 Å². The molecule has 0 spiro atoms. The highest BCUT2D eigenvalue weighted by Crippen LogP contribution is 2.20. The second-order valence-electron chi connectivity index (χ2n) is 8.35. The molecule has 0 aromatic heterocycles. The Morgan fingerprint density at radius 1 is 1.09 bits per heavy atom. The maximum absolute atomic E-state index is 11.9. The highest BCUT2D eigenvalue weighted by atomic mass is 127. The summed E-state index contributed by atoms with van der Waals surface area (Å²) < 4.78 is 0. The van der Waals surface area contributed by atoms with E-state index in [1.54, 1.807) is 0 Å². The van der Waals surface area contributed by atoms with Crippen LogP contribution >= 0.6 is 24.0 Å². The Labute approximate surface area is 208 Å². The van der Waals surface area contributed by atoms with Crippen LogP contribution in [0.15, 0.2) is 59.6 Å². The summed E-state index contributed by atoms with van der Waals surface area (Å²) >= 11 is 0. The van der Waals surface area contributed by atoms with E-state index in [9.17, 15) is 4.79 Å². The first-order valence-electron chi connectivity index (χ1n) is 11.4. The fraction of sp³-hybridized carbons (Fsp3) is 0.440. The number of rotatable bonds is 7. The normalized spacial score (nSPS) is 18.6. The van der Waals surface area contributed by atoms with E-state index in [1.807, 2.05) is 4.90 Å². The summed E-state index contributed by atoms with van der Waals surface area (Å²) in [6.45, 7) is 7.15. The summed E-state index contributed by atoms with van der Waals surface area (Å²) in [6.07, 6.45) is 2.76. The van der Waals surface area contributed by atoms with E-state index in [0.29, 0.717) is 25.6 Å². The molecule has 32 heavy (non-hydrogen) atoms. The van der Waals surface area contributed by atoms with Crippen LogP contribution in [-0.4, -0.2) is 49.0 Å². The fourth-order valence-corrected chi connectivity index (χ4v) is 4.35. The molecular weight excluding hydrogens is 513 g/mol. The van der Waals surface area contributed by atoms with Crippen LogP contribution in [0.25, 0.3) is 0 Å². The lowest BCUT2D eigenvalue weighted by atomic mass is 10.1. The van der Waals surface area contributed by atoms with E-state index < -0.39 is 0 Å². The number of nitrogens with zero attached hydrogens (tertiary/aromatic N) is 3. The van der Waals surface area contributed by atoms with Crippen molar-refractivity contribution in [2.24, 2.45) is 4.99 Å². The first kappa shape index (κ1) is 24.4. The summed E-state index contributed by atoms with van der Waals surface area (Å²) in [5.41, 5.74) is 3.62. The number of carbonyl (C=O) groups excluding carboxylic acids is 1. The SMILES string of the molecule is CCNC(=NCc1cccc(CN2CCCC2=O)c1)NC1CCN(c2ccccc2)C1.I. The van der Waals surface area contributed by atoms with Gasteiger partial charge in [-0.1, -0.05) is 42.5 Å². The van der Waals surface area contributed by atoms with E-state index in [-0.39, 0.29) is 29.9 Å². The van der Waals surface area contributed by atoms with Crippen molar-refractivity contribution in [3.63, 3.8) is 0 Å². The van der Waals surface area contributed by atoms with Crippen molar-refractivity contribution in [2.75, 3.05) is 31.1 Å². The quantitative estimate of drug-likeness (QED) is 0.315. The van der Waals surface area contributed by atoms with Crippen molar-refractivity contribution in [1.29, 1.82) is 0 Å². The van der Waals surface area contributed by atoms with Gasteiger partial charge in [0.2, 0.25) is 5.91 Å². The summed E-state index contributed by atoms with van der Waals surface area (Å²) in [4.78, 5) is 21.1. The molecule has 2 N–H and O–H groups in total. The number of likely N-dealkylation sites (tertiary alicyclic amines) is 1. The lowest BCUT2D eigenvalue weighted by Gasteiger charge is -2.20. The zero-order chi connectivity index (χ0) is 21.5. The molecule has 2 fully saturated rings. The fourth-order valence-electron chi connectivity index (χ4n) is 4.35. The number of amides is 1. The third kappa shape index (κ3) is 6.60. The first-order valence-corrected chi connectivity index (χ1v) is 11.4. The monoisotopic (exact) mass is 547 g/mol. The minimum absolute atomic E-state index is 0. The van der Waals surface area contributed by atoms with E-state index in [2.05, 4.69) is 77.1 Å². The Morgan fingerprint density at radius 2 is 1.91 bits per heavy atom. The van der Waals surface area contributed by atoms with Gasteiger partial charge in [0.1, 0.15) is 0 Å². The lowest BCUT2D eigenvalue weighted by molar-refractivity contribution is -0.128. The predicted molar refractivity (Wildman–Crippen MR) is 142 cm³/mol. The Balaban J connectivity index is 0.00000289. The maximum atomic E-state index is 11.9. The summed E-state index contributed by atoms with van der Waals surface area (Å²) in [5.74, 6) is 1.13. The molecule has 172 valence electrons. The third-order valence-corrected chi connectivity index (χ3v) is 5.95. The van der Waals surface area contributed by atoms with Gasteiger partial charge in [0.25, 0.3) is 0 Å². The molecule has 1 amide bonds. The van der Waals surface area contributed by atoms with Crippen LogP contribution in [0.2, 0.25) is 0 Å². The van der Waals surface area contributed by atoms with Crippen LogP contribution in [-0.2, 0) is 17.9 Å². The molecule has 7 heteroatoms. The molecule has 1 unspecified atom stereocenters. The second kappa shape index (κ2) is 12.1. The average Bonchev–Trinajstić information content (AvgIpc) is 3.42. The molecule has 0 saturated carbocycles. The van der Waals surface area contributed by atoms with E-state index in [1.165, 1.54) is 16.8 Å². The number of benzene rings is 2. The topological polar surface area (TPSA) is 60.0 Å². The van der Waals surface area contributed by atoms with Gasteiger partial charge in [0.05, 0.1) is 6.54 Å². The number of guanidine groups is 1. The first-order chi connectivity index (χ1) is 15.2. The number of hydrogen-bond acceptors (Lipinski definition) is 3. The Kier molecular flexibility index (Phi) is 9.20. The summed E-state index contributed by atoms with van der Waals surface area (Å²) in [5, 5.41) is 6.99. The van der Waals surface area contributed by atoms with Crippen LogP contribution in [0.1, 0.15) is 37.3 Å². The maximum Gasteiger partial charge on any atom is 0.222 e. The number of anilines is 1. The molecule has 0 bridgehead atoms. The van der Waals surface area contributed by atoms with Crippen LogP contribution in [0.4, 0.5) is 5.69 Å². The Morgan fingerprint density at radius 3 is 2.66 bits per heavy atom. The van der Waals surface area contributed by atoms with Gasteiger partial charge >= 0.3 is 0 Å². The molecule has 2 saturated heterocycles. The van der Waals surface area contributed by atoms with Crippen molar-refractivity contribution in [1.82, 2.24) is 15.5 Å². The molecular formula is C25H34IN5O. The van der Waals surface area contributed by atoms with Crippen molar-refractivity contribution >= 4 is 41.5 Å². The standard InChI is InChI=1S/C25H33N5O.HI/c1-2-26-25(28-22-13-15-29(19-22)23-10-4-3-5-11-23)27-17-20-8-6-9-21(16-20)18-30-14-7-12-24(30)31;/h3-6,8-11,16,22H,2,7,12-15,17-19H2,1H3,(H2,26,27,28);1H. The largest absolute Gasteiger partial charge is 0.369 e.